The first-order chi connectivity index (χ1) is 13.6. The van der Waals surface area contributed by atoms with Crippen LogP contribution in [-0.4, -0.2) is 57.0 Å². The van der Waals surface area contributed by atoms with Gasteiger partial charge >= 0.3 is 0 Å². The molecule has 2 aromatic rings. The minimum atomic E-state index is -0.0591. The van der Waals surface area contributed by atoms with Gasteiger partial charge in [0.25, 0.3) is 5.91 Å². The highest BCUT2D eigenvalue weighted by Crippen LogP contribution is 2.07. The highest BCUT2D eigenvalue weighted by atomic mass is 127. The van der Waals surface area contributed by atoms with E-state index in [1.54, 1.807) is 6.26 Å². The number of guanidine groups is 1. The van der Waals surface area contributed by atoms with Crippen molar-refractivity contribution in [1.82, 2.24) is 20.9 Å². The lowest BCUT2D eigenvalue weighted by molar-refractivity contribution is 0.0951. The quantitative estimate of drug-likeness (QED) is 0.259. The average molecular weight is 513 g/mol. The summed E-state index contributed by atoms with van der Waals surface area (Å²) in [5.41, 5.74) is 1.64. The van der Waals surface area contributed by atoms with E-state index in [2.05, 4.69) is 20.9 Å². The number of rotatable bonds is 10. The Bertz CT molecular complexity index is 747. The van der Waals surface area contributed by atoms with Crippen LogP contribution in [0.4, 0.5) is 0 Å². The van der Waals surface area contributed by atoms with Gasteiger partial charge in [-0.15, -0.1) is 24.0 Å². The standard InChI is InChI=1S/C21H31N5O2.HI/c1-4-22-21(24-11-10-19-9-6-14-28-19)25-16-17-7-5-8-18(15-17)20(27)23-12-13-26(2)3;/h5-9,14-15H,4,10-13,16H2,1-3H3,(H,23,27)(H2,22,24,25);1H. The van der Waals surface area contributed by atoms with Gasteiger partial charge in [0.2, 0.25) is 0 Å². The van der Waals surface area contributed by atoms with Gasteiger partial charge < -0.3 is 25.3 Å². The number of nitrogens with zero attached hydrogens (tertiary/aromatic N) is 2. The van der Waals surface area contributed by atoms with Gasteiger partial charge in [-0.2, -0.15) is 0 Å². The zero-order chi connectivity index (χ0) is 20.2. The van der Waals surface area contributed by atoms with E-state index < -0.39 is 0 Å². The third-order valence-corrected chi connectivity index (χ3v) is 4.04. The molecule has 7 nitrogen and oxygen atoms in total. The number of carbonyl (C=O) groups is 1. The van der Waals surface area contributed by atoms with Gasteiger partial charge in [-0.05, 0) is 50.8 Å². The fourth-order valence-corrected chi connectivity index (χ4v) is 2.58. The van der Waals surface area contributed by atoms with Crippen molar-refractivity contribution in [3.8, 4) is 0 Å². The number of furan rings is 1. The second-order valence-corrected chi connectivity index (χ2v) is 6.71. The lowest BCUT2D eigenvalue weighted by Gasteiger charge is -2.12. The fourth-order valence-electron chi connectivity index (χ4n) is 2.58. The number of hydrogen-bond donors (Lipinski definition) is 3. The Morgan fingerprint density at radius 2 is 1.93 bits per heavy atom. The van der Waals surface area contributed by atoms with Crippen molar-refractivity contribution in [1.29, 1.82) is 0 Å². The number of halogens is 1. The summed E-state index contributed by atoms with van der Waals surface area (Å²) in [6, 6.07) is 11.4. The minimum Gasteiger partial charge on any atom is -0.469 e. The molecule has 1 heterocycles. The Morgan fingerprint density at radius 3 is 2.62 bits per heavy atom. The van der Waals surface area contributed by atoms with Crippen LogP contribution in [0.2, 0.25) is 0 Å². The van der Waals surface area contributed by atoms with Gasteiger partial charge in [0, 0.05) is 38.2 Å². The molecule has 3 N–H and O–H groups in total. The van der Waals surface area contributed by atoms with Crippen LogP contribution in [0, 0.1) is 0 Å². The fraction of sp³-hybridized carbons (Fsp3) is 0.429. The van der Waals surface area contributed by atoms with Crippen molar-refractivity contribution >= 4 is 35.8 Å². The molecule has 1 aromatic heterocycles. The topological polar surface area (TPSA) is 81.9 Å². The van der Waals surface area contributed by atoms with Crippen LogP contribution in [0.25, 0.3) is 0 Å². The maximum Gasteiger partial charge on any atom is 0.251 e. The SMILES string of the molecule is CCNC(=NCc1cccc(C(=O)NCCN(C)C)c1)NCCc1ccco1.I. The van der Waals surface area contributed by atoms with Crippen molar-refractivity contribution in [2.24, 2.45) is 4.99 Å². The van der Waals surface area contributed by atoms with Crippen molar-refractivity contribution < 1.29 is 9.21 Å². The number of hydrogen-bond acceptors (Lipinski definition) is 4. The zero-order valence-electron chi connectivity index (χ0n) is 17.4. The Kier molecular flexibility index (Phi) is 12.1. The summed E-state index contributed by atoms with van der Waals surface area (Å²) < 4.78 is 5.34. The van der Waals surface area contributed by atoms with Crippen molar-refractivity contribution in [2.45, 2.75) is 19.9 Å². The van der Waals surface area contributed by atoms with Crippen LogP contribution >= 0.6 is 24.0 Å². The molecule has 0 bridgehead atoms. The molecule has 8 heteroatoms. The van der Waals surface area contributed by atoms with E-state index >= 15 is 0 Å². The molecule has 160 valence electrons. The largest absolute Gasteiger partial charge is 0.469 e. The monoisotopic (exact) mass is 513 g/mol. The minimum absolute atomic E-state index is 0. The smallest absolute Gasteiger partial charge is 0.251 e. The van der Waals surface area contributed by atoms with Gasteiger partial charge in [-0.1, -0.05) is 12.1 Å². The second kappa shape index (κ2) is 14.0. The predicted molar refractivity (Wildman–Crippen MR) is 128 cm³/mol. The molecule has 0 aliphatic heterocycles. The second-order valence-electron chi connectivity index (χ2n) is 6.71. The number of carbonyl (C=O) groups excluding carboxylic acids is 1. The third-order valence-electron chi connectivity index (χ3n) is 4.04. The van der Waals surface area contributed by atoms with Crippen LogP contribution in [-0.2, 0) is 13.0 Å². The van der Waals surface area contributed by atoms with Crippen LogP contribution < -0.4 is 16.0 Å². The van der Waals surface area contributed by atoms with Crippen LogP contribution in [0.5, 0.6) is 0 Å². The number of benzene rings is 1. The molecule has 0 aliphatic rings. The number of aliphatic imine (C=N–C) groups is 1. The first kappa shape index (κ1) is 25.0. The molecule has 29 heavy (non-hydrogen) atoms. The molecule has 0 aliphatic carbocycles. The third kappa shape index (κ3) is 9.80. The maximum atomic E-state index is 12.3. The van der Waals surface area contributed by atoms with E-state index in [1.165, 1.54) is 0 Å². The highest BCUT2D eigenvalue weighted by molar-refractivity contribution is 14.0. The van der Waals surface area contributed by atoms with Crippen molar-refractivity contribution in [3.05, 3.63) is 59.5 Å². The maximum absolute atomic E-state index is 12.3. The summed E-state index contributed by atoms with van der Waals surface area (Å²) >= 11 is 0. The Labute approximate surface area is 190 Å². The Balaban J connectivity index is 0.00000420. The van der Waals surface area contributed by atoms with Crippen LogP contribution in [0.1, 0.15) is 28.6 Å². The molecule has 1 aromatic carbocycles. The summed E-state index contributed by atoms with van der Waals surface area (Å²) in [5, 5.41) is 9.47. The molecule has 1 amide bonds. The van der Waals surface area contributed by atoms with Gasteiger partial charge in [-0.3, -0.25) is 4.79 Å². The summed E-state index contributed by atoms with van der Waals surface area (Å²) in [7, 11) is 3.96. The average Bonchev–Trinajstić information content (AvgIpc) is 3.19. The van der Waals surface area contributed by atoms with E-state index in [0.717, 1.165) is 43.3 Å². The first-order valence-electron chi connectivity index (χ1n) is 9.65. The first-order valence-corrected chi connectivity index (χ1v) is 9.65. The van der Waals surface area contributed by atoms with E-state index in [0.29, 0.717) is 18.7 Å². The molecule has 0 radical (unpaired) electrons. The van der Waals surface area contributed by atoms with E-state index in [4.69, 9.17) is 4.42 Å². The molecule has 0 fully saturated rings. The van der Waals surface area contributed by atoms with Crippen LogP contribution in [0.3, 0.4) is 0 Å². The molecule has 0 saturated heterocycles. The molecule has 0 spiro atoms. The molecular formula is C21H32IN5O2. The van der Waals surface area contributed by atoms with Gasteiger partial charge in [0.1, 0.15) is 5.76 Å². The van der Waals surface area contributed by atoms with E-state index in [1.807, 2.05) is 62.3 Å². The van der Waals surface area contributed by atoms with Gasteiger partial charge in [-0.25, -0.2) is 4.99 Å². The number of nitrogens with one attached hydrogen (secondary N) is 3. The summed E-state index contributed by atoms with van der Waals surface area (Å²) in [6.07, 6.45) is 2.47. The zero-order valence-corrected chi connectivity index (χ0v) is 19.7. The van der Waals surface area contributed by atoms with Gasteiger partial charge in [0.05, 0.1) is 12.8 Å². The molecule has 2 rings (SSSR count). The molecule has 0 atom stereocenters. The highest BCUT2D eigenvalue weighted by Gasteiger charge is 2.06. The molecular weight excluding hydrogens is 481 g/mol. The van der Waals surface area contributed by atoms with Crippen molar-refractivity contribution in [2.75, 3.05) is 40.3 Å². The Morgan fingerprint density at radius 1 is 1.10 bits per heavy atom. The normalized spacial score (nSPS) is 11.1. The number of amides is 1. The van der Waals surface area contributed by atoms with Crippen LogP contribution in [0.15, 0.2) is 52.1 Å². The lowest BCUT2D eigenvalue weighted by atomic mass is 10.1. The summed E-state index contributed by atoms with van der Waals surface area (Å²) in [4.78, 5) is 18.9. The lowest BCUT2D eigenvalue weighted by Crippen LogP contribution is -2.38. The van der Waals surface area contributed by atoms with E-state index in [9.17, 15) is 4.79 Å². The Hall–Kier alpha value is -2.07. The predicted octanol–water partition coefficient (Wildman–Crippen LogP) is 2.49. The summed E-state index contributed by atoms with van der Waals surface area (Å²) in [6.45, 7) is 5.47. The molecule has 0 saturated carbocycles. The molecule has 0 unspecified atom stereocenters. The van der Waals surface area contributed by atoms with Crippen molar-refractivity contribution in [3.63, 3.8) is 0 Å². The van der Waals surface area contributed by atoms with Gasteiger partial charge in [0.15, 0.2) is 5.96 Å². The van der Waals surface area contributed by atoms with E-state index in [-0.39, 0.29) is 29.9 Å². The summed E-state index contributed by atoms with van der Waals surface area (Å²) in [5.74, 6) is 1.63. The number of likely N-dealkylation sites (N-methyl/N-ethyl adjacent to an activating group) is 1.